The van der Waals surface area contributed by atoms with Gasteiger partial charge in [-0.1, -0.05) is 58.8 Å². The molecule has 29 heavy (non-hydrogen) atoms. The summed E-state index contributed by atoms with van der Waals surface area (Å²) in [7, 11) is 0. The Hall–Kier alpha value is -1.61. The number of benzene rings is 1. The number of hydrogen-bond acceptors (Lipinski definition) is 3. The number of nitrogens with zero attached hydrogens (tertiary/aromatic N) is 2. The predicted molar refractivity (Wildman–Crippen MR) is 124 cm³/mol. The van der Waals surface area contributed by atoms with Crippen molar-refractivity contribution in [2.24, 2.45) is 0 Å². The fraction of sp³-hybridized carbons (Fsp3) is 0.600. The smallest absolute Gasteiger partial charge is 0.159 e. The predicted octanol–water partition coefficient (Wildman–Crippen LogP) is 7.61. The molecule has 1 aromatic carbocycles. The summed E-state index contributed by atoms with van der Waals surface area (Å²) in [4.78, 5) is 9.11. The van der Waals surface area contributed by atoms with E-state index < -0.39 is 0 Å². The number of rotatable bonds is 15. The number of aromatic nitrogens is 2. The zero-order valence-corrected chi connectivity index (χ0v) is 19.0. The average molecular weight is 417 g/mol. The minimum Gasteiger partial charge on any atom is -0.494 e. The molecular formula is C25H37ClN2O. The summed E-state index contributed by atoms with van der Waals surface area (Å²) >= 11 is 6.12. The Kier molecular flexibility index (Phi) is 11.7. The van der Waals surface area contributed by atoms with Gasteiger partial charge in [0.15, 0.2) is 5.82 Å². The van der Waals surface area contributed by atoms with Gasteiger partial charge in [-0.15, -0.1) is 11.6 Å². The van der Waals surface area contributed by atoms with Crippen LogP contribution in [-0.4, -0.2) is 22.0 Å². The third-order valence-electron chi connectivity index (χ3n) is 5.28. The number of alkyl halides is 1. The lowest BCUT2D eigenvalue weighted by Gasteiger charge is -2.09. The Morgan fingerprint density at radius 3 is 2.10 bits per heavy atom. The van der Waals surface area contributed by atoms with E-state index in [1.165, 1.54) is 56.9 Å². The molecule has 0 N–H and O–H groups in total. The molecule has 4 heteroatoms. The van der Waals surface area contributed by atoms with E-state index in [4.69, 9.17) is 16.3 Å². The van der Waals surface area contributed by atoms with E-state index in [-0.39, 0.29) is 5.38 Å². The highest BCUT2D eigenvalue weighted by Gasteiger charge is 2.04. The van der Waals surface area contributed by atoms with Crippen molar-refractivity contribution in [3.63, 3.8) is 0 Å². The SMILES string of the molecule is CCCCCCCCCCc1cnc(-c2ccc(OCCC(Cl)CC)cc2)nc1. The average Bonchev–Trinajstić information content (AvgIpc) is 2.76. The van der Waals surface area contributed by atoms with Crippen LogP contribution in [0.5, 0.6) is 5.75 Å². The molecule has 3 nitrogen and oxygen atoms in total. The second-order valence-electron chi connectivity index (χ2n) is 7.81. The number of halogens is 1. The van der Waals surface area contributed by atoms with Gasteiger partial charge in [-0.05, 0) is 55.5 Å². The van der Waals surface area contributed by atoms with Gasteiger partial charge in [-0.25, -0.2) is 9.97 Å². The van der Waals surface area contributed by atoms with Gasteiger partial charge in [0, 0.05) is 23.3 Å². The fourth-order valence-corrected chi connectivity index (χ4v) is 3.39. The summed E-state index contributed by atoms with van der Waals surface area (Å²) < 4.78 is 5.75. The number of aryl methyl sites for hydroxylation is 1. The Morgan fingerprint density at radius 2 is 1.48 bits per heavy atom. The molecule has 2 rings (SSSR count). The quantitative estimate of drug-likeness (QED) is 0.221. The molecule has 0 bridgehead atoms. The summed E-state index contributed by atoms with van der Waals surface area (Å²) in [6.07, 6.45) is 17.6. The molecule has 0 amide bonds. The topological polar surface area (TPSA) is 35.0 Å². The van der Waals surface area contributed by atoms with Crippen LogP contribution in [0.3, 0.4) is 0 Å². The molecule has 0 saturated heterocycles. The minimum atomic E-state index is 0.187. The molecule has 0 aliphatic heterocycles. The van der Waals surface area contributed by atoms with Crippen LogP contribution in [0.1, 0.15) is 83.6 Å². The van der Waals surface area contributed by atoms with Crippen molar-refractivity contribution in [2.75, 3.05) is 6.61 Å². The maximum atomic E-state index is 6.12. The highest BCUT2D eigenvalue weighted by atomic mass is 35.5. The van der Waals surface area contributed by atoms with Crippen molar-refractivity contribution >= 4 is 11.6 Å². The lowest BCUT2D eigenvalue weighted by molar-refractivity contribution is 0.307. The van der Waals surface area contributed by atoms with E-state index in [0.717, 1.165) is 36.4 Å². The van der Waals surface area contributed by atoms with Crippen molar-refractivity contribution in [1.29, 1.82) is 0 Å². The van der Waals surface area contributed by atoms with Crippen molar-refractivity contribution in [3.05, 3.63) is 42.2 Å². The number of hydrogen-bond donors (Lipinski definition) is 0. The molecule has 1 atom stereocenters. The third-order valence-corrected chi connectivity index (χ3v) is 5.81. The lowest BCUT2D eigenvalue weighted by atomic mass is 10.1. The van der Waals surface area contributed by atoms with Crippen LogP contribution in [-0.2, 0) is 6.42 Å². The van der Waals surface area contributed by atoms with Gasteiger partial charge >= 0.3 is 0 Å². The van der Waals surface area contributed by atoms with Crippen LogP contribution in [0, 0.1) is 0 Å². The zero-order chi connectivity index (χ0) is 20.7. The number of ether oxygens (including phenoxy) is 1. The second kappa shape index (κ2) is 14.4. The van der Waals surface area contributed by atoms with Gasteiger partial charge in [0.25, 0.3) is 0 Å². The summed E-state index contributed by atoms with van der Waals surface area (Å²) in [5.41, 5.74) is 2.24. The van der Waals surface area contributed by atoms with Gasteiger partial charge in [-0.2, -0.15) is 0 Å². The molecule has 0 spiro atoms. The second-order valence-corrected chi connectivity index (χ2v) is 8.42. The van der Waals surface area contributed by atoms with Crippen LogP contribution in [0.25, 0.3) is 11.4 Å². The van der Waals surface area contributed by atoms with Crippen LogP contribution < -0.4 is 4.74 Å². The molecule has 1 aromatic heterocycles. The molecule has 0 aliphatic carbocycles. The molecule has 0 aliphatic rings. The highest BCUT2D eigenvalue weighted by molar-refractivity contribution is 6.20. The first-order valence-electron chi connectivity index (χ1n) is 11.4. The first kappa shape index (κ1) is 23.7. The first-order chi connectivity index (χ1) is 14.2. The largest absolute Gasteiger partial charge is 0.494 e. The molecule has 160 valence electrons. The van der Waals surface area contributed by atoms with Gasteiger partial charge in [0.05, 0.1) is 6.61 Å². The molecule has 1 unspecified atom stereocenters. The lowest BCUT2D eigenvalue weighted by Crippen LogP contribution is -2.05. The van der Waals surface area contributed by atoms with Crippen molar-refractivity contribution in [2.45, 2.75) is 89.9 Å². The van der Waals surface area contributed by atoms with Crippen molar-refractivity contribution in [1.82, 2.24) is 9.97 Å². The Labute approximate surface area is 182 Å². The van der Waals surface area contributed by atoms with Gasteiger partial charge < -0.3 is 4.74 Å². The van der Waals surface area contributed by atoms with Crippen LogP contribution in [0.2, 0.25) is 0 Å². The first-order valence-corrected chi connectivity index (χ1v) is 11.8. The fourth-order valence-electron chi connectivity index (χ4n) is 3.30. The van der Waals surface area contributed by atoms with Crippen molar-refractivity contribution in [3.8, 4) is 17.1 Å². The summed E-state index contributed by atoms with van der Waals surface area (Å²) in [5, 5.41) is 0.187. The Balaban J connectivity index is 1.69. The molecular weight excluding hydrogens is 380 g/mol. The summed E-state index contributed by atoms with van der Waals surface area (Å²) in [6, 6.07) is 7.98. The van der Waals surface area contributed by atoms with Gasteiger partial charge in [0.1, 0.15) is 5.75 Å². The van der Waals surface area contributed by atoms with E-state index in [1.54, 1.807) is 0 Å². The maximum Gasteiger partial charge on any atom is 0.159 e. The monoisotopic (exact) mass is 416 g/mol. The van der Waals surface area contributed by atoms with E-state index in [9.17, 15) is 0 Å². The maximum absolute atomic E-state index is 6.12. The normalized spacial score (nSPS) is 12.1. The van der Waals surface area contributed by atoms with E-state index in [1.807, 2.05) is 36.7 Å². The molecule has 0 saturated carbocycles. The van der Waals surface area contributed by atoms with E-state index in [0.29, 0.717) is 6.61 Å². The number of unbranched alkanes of at least 4 members (excludes halogenated alkanes) is 7. The third kappa shape index (κ3) is 9.62. The molecule has 1 heterocycles. The van der Waals surface area contributed by atoms with Crippen molar-refractivity contribution < 1.29 is 4.74 Å². The van der Waals surface area contributed by atoms with Crippen LogP contribution >= 0.6 is 11.6 Å². The van der Waals surface area contributed by atoms with Gasteiger partial charge in [0.2, 0.25) is 0 Å². The van der Waals surface area contributed by atoms with Crippen LogP contribution in [0.4, 0.5) is 0 Å². The summed E-state index contributed by atoms with van der Waals surface area (Å²) in [5.74, 6) is 1.63. The van der Waals surface area contributed by atoms with E-state index in [2.05, 4.69) is 23.8 Å². The zero-order valence-electron chi connectivity index (χ0n) is 18.2. The highest BCUT2D eigenvalue weighted by Crippen LogP contribution is 2.20. The van der Waals surface area contributed by atoms with E-state index >= 15 is 0 Å². The summed E-state index contributed by atoms with van der Waals surface area (Å²) in [6.45, 7) is 5.00. The minimum absolute atomic E-state index is 0.187. The van der Waals surface area contributed by atoms with Crippen LogP contribution in [0.15, 0.2) is 36.7 Å². The Morgan fingerprint density at radius 1 is 0.862 bits per heavy atom. The molecule has 2 aromatic rings. The molecule has 0 radical (unpaired) electrons. The molecule has 0 fully saturated rings. The standard InChI is InChI=1S/C25H37ClN2O/c1-3-5-6-7-8-9-10-11-12-21-19-27-25(28-20-21)22-13-15-24(16-14-22)29-18-17-23(26)4-2/h13-16,19-20,23H,3-12,17-18H2,1-2H3. The Bertz CT molecular complexity index is 658. The van der Waals surface area contributed by atoms with Gasteiger partial charge in [-0.3, -0.25) is 0 Å².